The van der Waals surface area contributed by atoms with Crippen LogP contribution in [0.2, 0.25) is 0 Å². The van der Waals surface area contributed by atoms with Crippen LogP contribution in [0.15, 0.2) is 67.0 Å². The molecule has 5 heterocycles. The molecule has 4 aliphatic rings. The van der Waals surface area contributed by atoms with Gasteiger partial charge < -0.3 is 19.3 Å². The first-order valence-corrected chi connectivity index (χ1v) is 10.7. The zero-order chi connectivity index (χ0) is 21.0. The van der Waals surface area contributed by atoms with E-state index in [1.807, 2.05) is 54.6 Å². The fourth-order valence-corrected chi connectivity index (χ4v) is 5.30. The summed E-state index contributed by atoms with van der Waals surface area (Å²) in [7, 11) is 0. The maximum Gasteiger partial charge on any atom is 0.230 e. The van der Waals surface area contributed by atoms with Gasteiger partial charge in [-0.25, -0.2) is 0 Å². The van der Waals surface area contributed by atoms with Crippen molar-refractivity contribution in [2.75, 3.05) is 19.6 Å². The molecular weight excluding hydrogens is 394 g/mol. The van der Waals surface area contributed by atoms with Crippen molar-refractivity contribution in [1.82, 2.24) is 14.8 Å². The molecule has 6 rings (SSSR count). The molecule has 2 amide bonds. The Kier molecular flexibility index (Phi) is 4.14. The molecule has 7 nitrogen and oxygen atoms in total. The molecule has 4 aliphatic heterocycles. The number of carbonyl (C=O) groups excluding carboxylic acids is 2. The average molecular weight is 417 g/mol. The number of likely N-dealkylation sites (tertiary alicyclic amines) is 2. The Hall–Kier alpha value is -3.19. The number of nitrogens with zero attached hydrogens (tertiary/aromatic N) is 3. The zero-order valence-electron chi connectivity index (χ0n) is 17.0. The highest BCUT2D eigenvalue weighted by Gasteiger charge is 2.67. The van der Waals surface area contributed by atoms with Crippen LogP contribution >= 0.6 is 0 Å². The molecule has 4 atom stereocenters. The molecule has 0 aliphatic carbocycles. The van der Waals surface area contributed by atoms with Gasteiger partial charge in [0.1, 0.15) is 17.5 Å². The highest BCUT2D eigenvalue weighted by atomic mass is 16.5. The summed E-state index contributed by atoms with van der Waals surface area (Å²) in [4.78, 5) is 34.4. The van der Waals surface area contributed by atoms with E-state index in [2.05, 4.69) is 4.98 Å². The number of ether oxygens (including phenoxy) is 2. The van der Waals surface area contributed by atoms with Crippen LogP contribution in [0.25, 0.3) is 0 Å². The molecule has 158 valence electrons. The van der Waals surface area contributed by atoms with E-state index in [0.29, 0.717) is 26.2 Å². The molecule has 3 saturated heterocycles. The minimum atomic E-state index is -0.685. The molecule has 0 N–H and O–H groups in total. The Balaban J connectivity index is 1.15. The molecule has 2 aromatic rings. The molecule has 0 saturated carbocycles. The fraction of sp³-hybridized carbons (Fsp3) is 0.375. The molecule has 0 radical (unpaired) electrons. The van der Waals surface area contributed by atoms with Crippen molar-refractivity contribution in [3.8, 4) is 5.75 Å². The van der Waals surface area contributed by atoms with Gasteiger partial charge in [-0.15, -0.1) is 0 Å². The minimum absolute atomic E-state index is 0.00772. The summed E-state index contributed by atoms with van der Waals surface area (Å²) >= 11 is 0. The predicted molar refractivity (Wildman–Crippen MR) is 111 cm³/mol. The number of aromatic nitrogens is 1. The van der Waals surface area contributed by atoms with Gasteiger partial charge in [0.25, 0.3) is 0 Å². The summed E-state index contributed by atoms with van der Waals surface area (Å²) in [5, 5.41) is 0. The van der Waals surface area contributed by atoms with Crippen LogP contribution in [-0.4, -0.2) is 64.0 Å². The Morgan fingerprint density at radius 3 is 2.81 bits per heavy atom. The number of rotatable bonds is 5. The molecule has 0 unspecified atom stereocenters. The third-order valence-electron chi connectivity index (χ3n) is 6.77. The number of hydrogen-bond acceptors (Lipinski definition) is 5. The van der Waals surface area contributed by atoms with Crippen LogP contribution in [0, 0.1) is 11.8 Å². The van der Waals surface area contributed by atoms with E-state index in [1.54, 1.807) is 22.2 Å². The predicted octanol–water partition coefficient (Wildman–Crippen LogP) is 1.65. The lowest BCUT2D eigenvalue weighted by molar-refractivity contribution is -0.150. The lowest BCUT2D eigenvalue weighted by atomic mass is 9.76. The Bertz CT molecular complexity index is 1040. The highest BCUT2D eigenvalue weighted by molar-refractivity contribution is 5.93. The van der Waals surface area contributed by atoms with E-state index in [1.165, 1.54) is 0 Å². The van der Waals surface area contributed by atoms with Crippen molar-refractivity contribution in [3.63, 3.8) is 0 Å². The Morgan fingerprint density at radius 1 is 1.19 bits per heavy atom. The summed E-state index contributed by atoms with van der Waals surface area (Å²) in [6, 6.07) is 13.4. The van der Waals surface area contributed by atoms with Gasteiger partial charge >= 0.3 is 0 Å². The van der Waals surface area contributed by atoms with Crippen molar-refractivity contribution in [3.05, 3.63) is 72.6 Å². The summed E-state index contributed by atoms with van der Waals surface area (Å²) in [5.41, 5.74) is 0.284. The zero-order valence-corrected chi connectivity index (χ0v) is 17.0. The highest BCUT2D eigenvalue weighted by Crippen LogP contribution is 2.52. The van der Waals surface area contributed by atoms with E-state index in [0.717, 1.165) is 11.3 Å². The average Bonchev–Trinajstić information content (AvgIpc) is 3.40. The normalized spacial score (nSPS) is 31.1. The second-order valence-corrected chi connectivity index (χ2v) is 8.75. The van der Waals surface area contributed by atoms with Gasteiger partial charge in [0, 0.05) is 18.9 Å². The number of fused-ring (bicyclic) bond motifs is 1. The third-order valence-corrected chi connectivity index (χ3v) is 6.77. The van der Waals surface area contributed by atoms with E-state index in [4.69, 9.17) is 9.47 Å². The number of amides is 2. The molecule has 7 heteroatoms. The number of para-hydroxylation sites is 1. The first-order chi connectivity index (χ1) is 15.1. The first-order valence-electron chi connectivity index (χ1n) is 10.7. The van der Waals surface area contributed by atoms with E-state index < -0.39 is 17.4 Å². The van der Waals surface area contributed by atoms with Crippen LogP contribution in [0.5, 0.6) is 5.75 Å². The van der Waals surface area contributed by atoms with Crippen LogP contribution in [0.1, 0.15) is 5.56 Å². The van der Waals surface area contributed by atoms with Crippen LogP contribution < -0.4 is 4.74 Å². The van der Waals surface area contributed by atoms with Crippen LogP contribution in [0.3, 0.4) is 0 Å². The second kappa shape index (κ2) is 6.92. The maximum atomic E-state index is 13.3. The molecule has 1 aromatic carbocycles. The Morgan fingerprint density at radius 2 is 2.03 bits per heavy atom. The van der Waals surface area contributed by atoms with Crippen molar-refractivity contribution >= 4 is 11.8 Å². The smallest absolute Gasteiger partial charge is 0.230 e. The number of benzene rings is 1. The first kappa shape index (κ1) is 18.6. The number of hydrogen-bond donors (Lipinski definition) is 0. The molecule has 31 heavy (non-hydrogen) atoms. The van der Waals surface area contributed by atoms with Gasteiger partial charge in [-0.1, -0.05) is 36.4 Å². The standard InChI is InChI=1S/C24H23N3O4/c28-22(26-13-18(14-26)30-17-6-2-1-3-7-17)20-19-8-9-24(31-19)15-27(23(29)21(20)24)12-16-5-4-10-25-11-16/h1-11,18-21H,12-15H2/t19-,20-,21+,24-/m0/s1. The van der Waals surface area contributed by atoms with E-state index in [9.17, 15) is 9.59 Å². The number of pyridine rings is 1. The van der Waals surface area contributed by atoms with Gasteiger partial charge in [-0.3, -0.25) is 14.6 Å². The lowest BCUT2D eigenvalue weighted by Crippen LogP contribution is -2.59. The van der Waals surface area contributed by atoms with Gasteiger partial charge in [0.15, 0.2) is 0 Å². The quantitative estimate of drug-likeness (QED) is 0.692. The van der Waals surface area contributed by atoms with Gasteiger partial charge in [-0.2, -0.15) is 0 Å². The third kappa shape index (κ3) is 2.95. The lowest BCUT2D eigenvalue weighted by Gasteiger charge is -2.41. The van der Waals surface area contributed by atoms with Crippen molar-refractivity contribution < 1.29 is 19.1 Å². The summed E-state index contributed by atoms with van der Waals surface area (Å²) in [6.45, 7) is 2.02. The van der Waals surface area contributed by atoms with Crippen LogP contribution in [-0.2, 0) is 20.9 Å². The molecule has 1 aromatic heterocycles. The maximum absolute atomic E-state index is 13.3. The monoisotopic (exact) mass is 417 g/mol. The fourth-order valence-electron chi connectivity index (χ4n) is 5.30. The summed E-state index contributed by atoms with van der Waals surface area (Å²) in [5.74, 6) is -0.131. The van der Waals surface area contributed by atoms with Crippen molar-refractivity contribution in [1.29, 1.82) is 0 Å². The largest absolute Gasteiger partial charge is 0.487 e. The van der Waals surface area contributed by atoms with Gasteiger partial charge in [0.05, 0.1) is 37.6 Å². The van der Waals surface area contributed by atoms with E-state index in [-0.39, 0.29) is 24.0 Å². The minimum Gasteiger partial charge on any atom is -0.487 e. The second-order valence-electron chi connectivity index (χ2n) is 8.75. The summed E-state index contributed by atoms with van der Waals surface area (Å²) in [6.07, 6.45) is 7.09. The van der Waals surface area contributed by atoms with Crippen LogP contribution in [0.4, 0.5) is 0 Å². The molecular formula is C24H23N3O4. The summed E-state index contributed by atoms with van der Waals surface area (Å²) < 4.78 is 12.2. The van der Waals surface area contributed by atoms with E-state index >= 15 is 0 Å². The van der Waals surface area contributed by atoms with Crippen molar-refractivity contribution in [2.45, 2.75) is 24.4 Å². The van der Waals surface area contributed by atoms with Gasteiger partial charge in [0.2, 0.25) is 11.8 Å². The Labute approximate surface area is 180 Å². The number of carbonyl (C=O) groups is 2. The molecule has 2 bridgehead atoms. The molecule has 3 fully saturated rings. The van der Waals surface area contributed by atoms with Crippen molar-refractivity contribution in [2.24, 2.45) is 11.8 Å². The molecule has 1 spiro atoms. The topological polar surface area (TPSA) is 72.0 Å². The SMILES string of the molecule is O=C([C@H]1[C@@H]2C=C[C@@]3(CN(Cc4cccnc4)C(=O)[C@@H]13)O2)N1CC(Oc2ccccc2)C1. The van der Waals surface area contributed by atoms with Gasteiger partial charge in [-0.05, 0) is 23.8 Å².